The smallest absolute Gasteiger partial charge is 0.258 e. The first-order chi connectivity index (χ1) is 18.8. The number of phenols is 1. The van der Waals surface area contributed by atoms with Crippen LogP contribution in [-0.4, -0.2) is 85.3 Å². The molecule has 10 heteroatoms. The van der Waals surface area contributed by atoms with E-state index in [-0.39, 0.29) is 16.9 Å². The Morgan fingerprint density at radius 3 is 2.35 bits per heavy atom. The molecule has 0 saturated heterocycles. The second kappa shape index (κ2) is 9.71. The molecule has 6 unspecified atom stereocenters. The van der Waals surface area contributed by atoms with Crippen LogP contribution in [0.5, 0.6) is 5.75 Å². The summed E-state index contributed by atoms with van der Waals surface area (Å²) in [4.78, 5) is 43.2. The van der Waals surface area contributed by atoms with Crippen molar-refractivity contribution in [3.8, 4) is 5.75 Å². The second-order valence-corrected chi connectivity index (χ2v) is 12.1. The van der Waals surface area contributed by atoms with Gasteiger partial charge in [0.2, 0.25) is 5.78 Å². The van der Waals surface area contributed by atoms with Gasteiger partial charge in [0.25, 0.3) is 5.91 Å². The number of Topliss-reactive ketones (excluding diaryl/α,β-unsaturated/α-hetero) is 2. The monoisotopic (exact) mass is 554 g/mol. The molecule has 2 saturated carbocycles. The number of nitrogens with zero attached hydrogens (tertiary/aromatic N) is 1. The van der Waals surface area contributed by atoms with E-state index in [1.807, 2.05) is 6.92 Å². The average Bonchev–Trinajstić information content (AvgIpc) is 2.91. The number of likely N-dealkylation sites (N-methyl/N-ethyl adjacent to an activating group) is 1. The van der Waals surface area contributed by atoms with Crippen LogP contribution in [0.15, 0.2) is 35.1 Å². The fourth-order valence-corrected chi connectivity index (χ4v) is 7.66. The summed E-state index contributed by atoms with van der Waals surface area (Å²) in [5.41, 5.74) is -4.04. The first-order valence-electron chi connectivity index (χ1n) is 14.0. The molecule has 1 amide bonds. The summed E-state index contributed by atoms with van der Waals surface area (Å²) in [6.45, 7) is 3.65. The number of aromatic hydroxyl groups is 1. The van der Waals surface area contributed by atoms with Crippen LogP contribution in [0.2, 0.25) is 0 Å². The standard InChI is InChI=1S/C30H38N2O8/c1-5-29(12-7-6-8-13-29)31-28(39)20-25(36)22(32(3)4)21-24(35)17-14(2)15-10-9-11-16(33)18(15)23(34)19(17)26(37)30(21,40)27(20)38/h9-11,14,17,21-22,24,33-35,38,40H,5-8,12-13H2,1-4H3,(H,31,39). The minimum atomic E-state index is -2.87. The molecule has 4 aliphatic carbocycles. The zero-order valence-electron chi connectivity index (χ0n) is 23.3. The number of aliphatic hydroxyl groups excluding tert-OH is 3. The summed E-state index contributed by atoms with van der Waals surface area (Å²) < 4.78 is 0. The first-order valence-corrected chi connectivity index (χ1v) is 14.0. The summed E-state index contributed by atoms with van der Waals surface area (Å²) in [5.74, 6) is -8.00. The Kier molecular flexibility index (Phi) is 6.88. The summed E-state index contributed by atoms with van der Waals surface area (Å²) in [5, 5.41) is 60.0. The molecule has 0 aliphatic heterocycles. The molecule has 10 nitrogen and oxygen atoms in total. The van der Waals surface area contributed by atoms with E-state index in [4.69, 9.17) is 0 Å². The molecule has 0 heterocycles. The Morgan fingerprint density at radius 2 is 1.75 bits per heavy atom. The zero-order chi connectivity index (χ0) is 29.3. The number of amides is 1. The van der Waals surface area contributed by atoms with Crippen molar-refractivity contribution >= 4 is 23.2 Å². The number of carbonyl (C=O) groups is 3. The van der Waals surface area contributed by atoms with Gasteiger partial charge in [0.05, 0.1) is 23.6 Å². The number of fused-ring (bicyclic) bond motifs is 3. The van der Waals surface area contributed by atoms with Crippen LogP contribution < -0.4 is 5.32 Å². The van der Waals surface area contributed by atoms with Gasteiger partial charge in [-0.2, -0.15) is 0 Å². The van der Waals surface area contributed by atoms with Gasteiger partial charge < -0.3 is 30.8 Å². The summed E-state index contributed by atoms with van der Waals surface area (Å²) >= 11 is 0. The van der Waals surface area contributed by atoms with Crippen molar-refractivity contribution in [2.75, 3.05) is 14.1 Å². The molecule has 5 rings (SSSR count). The Balaban J connectivity index is 1.70. The van der Waals surface area contributed by atoms with Crippen LogP contribution >= 0.6 is 0 Å². The van der Waals surface area contributed by atoms with E-state index in [1.165, 1.54) is 25.1 Å². The fraction of sp³-hybridized carbons (Fsp3) is 0.567. The number of rotatable bonds is 4. The molecular formula is C30H38N2O8. The molecule has 6 atom stereocenters. The Morgan fingerprint density at radius 1 is 1.10 bits per heavy atom. The van der Waals surface area contributed by atoms with E-state index in [1.54, 1.807) is 19.1 Å². The topological polar surface area (TPSA) is 168 Å². The second-order valence-electron chi connectivity index (χ2n) is 12.1. The van der Waals surface area contributed by atoms with Gasteiger partial charge in [-0.25, -0.2) is 0 Å². The van der Waals surface area contributed by atoms with Crippen LogP contribution in [0.25, 0.3) is 5.76 Å². The molecule has 2 fully saturated rings. The number of benzene rings is 1. The predicted molar refractivity (Wildman–Crippen MR) is 145 cm³/mol. The van der Waals surface area contributed by atoms with Gasteiger partial charge in [-0.3, -0.25) is 19.3 Å². The maximum atomic E-state index is 14.2. The van der Waals surface area contributed by atoms with Gasteiger partial charge in [0.1, 0.15) is 22.8 Å². The molecule has 0 aromatic heterocycles. The van der Waals surface area contributed by atoms with E-state index in [2.05, 4.69) is 5.32 Å². The van der Waals surface area contributed by atoms with Crippen molar-refractivity contribution in [2.45, 2.75) is 81.6 Å². The highest BCUT2D eigenvalue weighted by Gasteiger charge is 2.68. The predicted octanol–water partition coefficient (Wildman–Crippen LogP) is 2.24. The minimum Gasteiger partial charge on any atom is -0.508 e. The van der Waals surface area contributed by atoms with Crippen molar-refractivity contribution < 1.29 is 39.9 Å². The van der Waals surface area contributed by atoms with Gasteiger partial charge in [-0.15, -0.1) is 0 Å². The third kappa shape index (κ3) is 3.76. The number of ketones is 2. The summed E-state index contributed by atoms with van der Waals surface area (Å²) in [6, 6.07) is 3.26. The fourth-order valence-electron chi connectivity index (χ4n) is 7.66. The van der Waals surface area contributed by atoms with Crippen LogP contribution in [0.1, 0.15) is 69.4 Å². The lowest BCUT2D eigenvalue weighted by Crippen LogP contribution is -2.70. The normalized spacial score (nSPS) is 33.4. The first kappa shape index (κ1) is 28.3. The SMILES string of the molecule is CCC1(NC(=O)C2=C(O)C3(O)C(=O)C4=C(O)c5c(O)cccc5C(C)C4C(O)C3C(N(C)C)C2=O)CCCCC1. The Hall–Kier alpha value is -3.21. The van der Waals surface area contributed by atoms with Crippen LogP contribution in [0.4, 0.5) is 0 Å². The number of hydrogen-bond acceptors (Lipinski definition) is 9. The highest BCUT2D eigenvalue weighted by atomic mass is 16.4. The number of phenolic OH excluding ortho intramolecular Hbond substituents is 1. The van der Waals surface area contributed by atoms with Crippen molar-refractivity contribution in [3.05, 3.63) is 46.2 Å². The van der Waals surface area contributed by atoms with Crippen LogP contribution in [-0.2, 0) is 14.4 Å². The minimum absolute atomic E-state index is 0.00326. The molecule has 40 heavy (non-hydrogen) atoms. The molecule has 0 radical (unpaired) electrons. The lowest BCUT2D eigenvalue weighted by Gasteiger charge is -2.54. The van der Waals surface area contributed by atoms with E-state index in [0.29, 0.717) is 24.8 Å². The molecule has 0 bridgehead atoms. The van der Waals surface area contributed by atoms with E-state index in [0.717, 1.165) is 19.3 Å². The maximum Gasteiger partial charge on any atom is 0.258 e. The largest absolute Gasteiger partial charge is 0.508 e. The molecule has 4 aliphatic rings. The van der Waals surface area contributed by atoms with Gasteiger partial charge in [-0.1, -0.05) is 45.2 Å². The third-order valence-electron chi connectivity index (χ3n) is 9.84. The lowest BCUT2D eigenvalue weighted by molar-refractivity contribution is -0.169. The Bertz CT molecular complexity index is 1340. The van der Waals surface area contributed by atoms with Crippen LogP contribution in [0, 0.1) is 11.8 Å². The van der Waals surface area contributed by atoms with E-state index < -0.39 is 75.6 Å². The number of carbonyl (C=O) groups excluding carboxylic acids is 3. The molecule has 1 aromatic rings. The summed E-state index contributed by atoms with van der Waals surface area (Å²) in [7, 11) is 3.07. The average molecular weight is 555 g/mol. The number of hydrogen-bond donors (Lipinski definition) is 6. The van der Waals surface area contributed by atoms with Gasteiger partial charge in [0, 0.05) is 17.0 Å². The van der Waals surface area contributed by atoms with E-state index in [9.17, 15) is 39.9 Å². The van der Waals surface area contributed by atoms with Crippen molar-refractivity contribution in [1.82, 2.24) is 10.2 Å². The molecule has 0 spiro atoms. The number of nitrogens with one attached hydrogen (secondary N) is 1. The summed E-state index contributed by atoms with van der Waals surface area (Å²) in [6.07, 6.45) is 3.24. The number of aliphatic hydroxyl groups is 4. The molecule has 6 N–H and O–H groups in total. The van der Waals surface area contributed by atoms with Crippen molar-refractivity contribution in [3.63, 3.8) is 0 Å². The van der Waals surface area contributed by atoms with E-state index >= 15 is 0 Å². The Labute approximate surface area is 233 Å². The zero-order valence-corrected chi connectivity index (χ0v) is 23.3. The van der Waals surface area contributed by atoms with Gasteiger partial charge >= 0.3 is 0 Å². The van der Waals surface area contributed by atoms with Crippen molar-refractivity contribution in [2.24, 2.45) is 11.8 Å². The highest BCUT2D eigenvalue weighted by Crippen LogP contribution is 2.56. The maximum absolute atomic E-state index is 14.2. The molecular weight excluding hydrogens is 516 g/mol. The highest BCUT2D eigenvalue weighted by molar-refractivity contribution is 6.25. The van der Waals surface area contributed by atoms with Crippen molar-refractivity contribution in [1.29, 1.82) is 0 Å². The quantitative estimate of drug-likeness (QED) is 0.306. The molecule has 216 valence electrons. The molecule has 1 aromatic carbocycles. The van der Waals surface area contributed by atoms with Gasteiger partial charge in [-0.05, 0) is 50.9 Å². The lowest BCUT2D eigenvalue weighted by atomic mass is 9.54. The third-order valence-corrected chi connectivity index (χ3v) is 9.84. The van der Waals surface area contributed by atoms with Crippen LogP contribution in [0.3, 0.4) is 0 Å². The van der Waals surface area contributed by atoms with Gasteiger partial charge in [0.15, 0.2) is 11.4 Å².